The molecule has 2 unspecified atom stereocenters. The van der Waals surface area contributed by atoms with Crippen molar-refractivity contribution in [2.75, 3.05) is 24.6 Å². The van der Waals surface area contributed by atoms with Crippen LogP contribution in [0, 0.1) is 24.2 Å². The maximum absolute atomic E-state index is 11.8. The van der Waals surface area contributed by atoms with Crippen molar-refractivity contribution in [1.29, 1.82) is 0 Å². The summed E-state index contributed by atoms with van der Waals surface area (Å²) in [5.74, 6) is 1.07. The van der Waals surface area contributed by atoms with Gasteiger partial charge in [-0.3, -0.25) is 4.79 Å². The molecule has 3 rings (SSSR count). The van der Waals surface area contributed by atoms with Crippen LogP contribution < -0.4 is 4.90 Å². The summed E-state index contributed by atoms with van der Waals surface area (Å²) >= 11 is 6.44. The molecule has 0 aromatic heterocycles. The smallest absolute Gasteiger partial charge is 0.306 e. The van der Waals surface area contributed by atoms with Crippen LogP contribution in [0.15, 0.2) is 18.2 Å². The van der Waals surface area contributed by atoms with E-state index >= 15 is 0 Å². The molecule has 1 aliphatic heterocycles. The number of hydrogen-bond donors (Lipinski definition) is 0. The fourth-order valence-corrected chi connectivity index (χ4v) is 5.24. The van der Waals surface area contributed by atoms with E-state index in [0.29, 0.717) is 30.3 Å². The Morgan fingerprint density at radius 3 is 2.69 bits per heavy atom. The van der Waals surface area contributed by atoms with E-state index in [-0.39, 0.29) is 5.97 Å². The number of rotatable bonds is 4. The van der Waals surface area contributed by atoms with E-state index in [2.05, 4.69) is 30.9 Å². The average molecular weight is 378 g/mol. The quantitative estimate of drug-likeness (QED) is 0.637. The number of halogens is 1. The molecular formula is C22H32ClNO2. The van der Waals surface area contributed by atoms with Crippen LogP contribution in [0.1, 0.15) is 57.9 Å². The maximum atomic E-state index is 11.8. The third-order valence-electron chi connectivity index (χ3n) is 6.61. The normalized spacial score (nSPS) is 25.3. The van der Waals surface area contributed by atoms with E-state index in [1.165, 1.54) is 36.9 Å². The number of nitrogens with zero attached hydrogens (tertiary/aromatic N) is 1. The van der Waals surface area contributed by atoms with Gasteiger partial charge in [-0.15, -0.1) is 0 Å². The van der Waals surface area contributed by atoms with Gasteiger partial charge in [0.1, 0.15) is 0 Å². The van der Waals surface area contributed by atoms with Gasteiger partial charge in [0.25, 0.3) is 0 Å². The zero-order valence-corrected chi connectivity index (χ0v) is 17.1. The van der Waals surface area contributed by atoms with Crippen LogP contribution >= 0.6 is 11.6 Å². The minimum Gasteiger partial charge on any atom is -0.466 e. The molecule has 1 aromatic rings. The summed E-state index contributed by atoms with van der Waals surface area (Å²) in [6, 6.07) is 6.29. The van der Waals surface area contributed by atoms with Crippen molar-refractivity contribution in [3.8, 4) is 0 Å². The van der Waals surface area contributed by atoms with Crippen molar-refractivity contribution in [1.82, 2.24) is 0 Å². The van der Waals surface area contributed by atoms with E-state index in [0.717, 1.165) is 24.5 Å². The van der Waals surface area contributed by atoms with Crippen LogP contribution in [0.4, 0.5) is 5.69 Å². The molecule has 1 spiro atoms. The number of esters is 1. The summed E-state index contributed by atoms with van der Waals surface area (Å²) in [6.45, 7) is 8.98. The Labute approximate surface area is 163 Å². The van der Waals surface area contributed by atoms with E-state index in [1.54, 1.807) is 0 Å². The highest BCUT2D eigenvalue weighted by molar-refractivity contribution is 6.33. The molecule has 2 aliphatic rings. The summed E-state index contributed by atoms with van der Waals surface area (Å²) < 4.78 is 5.16. The van der Waals surface area contributed by atoms with Gasteiger partial charge in [0.05, 0.1) is 17.3 Å². The Morgan fingerprint density at radius 1 is 1.31 bits per heavy atom. The number of carbonyl (C=O) groups is 1. The minimum absolute atomic E-state index is 0.0239. The van der Waals surface area contributed by atoms with E-state index in [1.807, 2.05) is 13.0 Å². The molecule has 1 saturated carbocycles. The molecule has 144 valence electrons. The molecule has 2 fully saturated rings. The van der Waals surface area contributed by atoms with Crippen LogP contribution in [-0.2, 0) is 9.53 Å². The zero-order valence-electron chi connectivity index (χ0n) is 16.4. The first-order valence-electron chi connectivity index (χ1n) is 10.1. The monoisotopic (exact) mass is 377 g/mol. The predicted molar refractivity (Wildman–Crippen MR) is 108 cm³/mol. The molecule has 1 aromatic carbocycles. The summed E-state index contributed by atoms with van der Waals surface area (Å²) in [6.07, 6.45) is 6.70. The van der Waals surface area contributed by atoms with Gasteiger partial charge < -0.3 is 9.64 Å². The SMILES string of the molecule is CCOC(=O)CC1CCC2(CCN(c3cc(C)ccc3Cl)CC2)CC1C. The summed E-state index contributed by atoms with van der Waals surface area (Å²) in [7, 11) is 0. The van der Waals surface area contributed by atoms with Crippen molar-refractivity contribution in [3.05, 3.63) is 28.8 Å². The fourth-order valence-electron chi connectivity index (χ4n) is 5.01. The summed E-state index contributed by atoms with van der Waals surface area (Å²) in [5, 5.41) is 0.859. The van der Waals surface area contributed by atoms with Crippen LogP contribution in [0.3, 0.4) is 0 Å². The highest BCUT2D eigenvalue weighted by Gasteiger charge is 2.41. The second-order valence-electron chi connectivity index (χ2n) is 8.43. The van der Waals surface area contributed by atoms with Crippen molar-refractivity contribution >= 4 is 23.3 Å². The average Bonchev–Trinajstić information content (AvgIpc) is 2.61. The van der Waals surface area contributed by atoms with Gasteiger partial charge in [-0.25, -0.2) is 0 Å². The van der Waals surface area contributed by atoms with Crippen molar-refractivity contribution < 1.29 is 9.53 Å². The number of anilines is 1. The number of benzene rings is 1. The predicted octanol–water partition coefficient (Wildman–Crippen LogP) is 5.62. The van der Waals surface area contributed by atoms with E-state index < -0.39 is 0 Å². The molecule has 26 heavy (non-hydrogen) atoms. The Morgan fingerprint density at radius 2 is 2.04 bits per heavy atom. The summed E-state index contributed by atoms with van der Waals surface area (Å²) in [4.78, 5) is 14.3. The molecule has 1 heterocycles. The number of aryl methyl sites for hydroxylation is 1. The lowest BCUT2D eigenvalue weighted by Gasteiger charge is -2.49. The molecule has 4 heteroatoms. The van der Waals surface area contributed by atoms with E-state index in [9.17, 15) is 4.79 Å². The molecule has 1 aliphatic carbocycles. The number of ether oxygens (including phenoxy) is 1. The molecule has 3 nitrogen and oxygen atoms in total. The van der Waals surface area contributed by atoms with E-state index in [4.69, 9.17) is 16.3 Å². The van der Waals surface area contributed by atoms with Gasteiger partial charge in [0.2, 0.25) is 0 Å². The highest BCUT2D eigenvalue weighted by Crippen LogP contribution is 2.50. The molecule has 2 atom stereocenters. The standard InChI is InChI=1S/C22H32ClNO2/c1-4-26-21(25)14-18-7-8-22(15-17(18)3)9-11-24(12-10-22)20-13-16(2)5-6-19(20)23/h5-6,13,17-18H,4,7-12,14-15H2,1-3H3. The highest BCUT2D eigenvalue weighted by atomic mass is 35.5. The first-order chi connectivity index (χ1) is 12.4. The number of carbonyl (C=O) groups excluding carboxylic acids is 1. The first kappa shape index (κ1) is 19.5. The molecule has 0 amide bonds. The van der Waals surface area contributed by atoms with Gasteiger partial charge in [0, 0.05) is 19.5 Å². The van der Waals surface area contributed by atoms with Crippen molar-refractivity contribution in [2.24, 2.45) is 17.3 Å². The Balaban J connectivity index is 1.58. The molecule has 1 saturated heterocycles. The van der Waals surface area contributed by atoms with Gasteiger partial charge in [-0.1, -0.05) is 24.6 Å². The number of hydrogen-bond acceptors (Lipinski definition) is 3. The Kier molecular flexibility index (Phi) is 6.17. The van der Waals surface area contributed by atoms with Crippen LogP contribution in [0.2, 0.25) is 5.02 Å². The molecule has 0 radical (unpaired) electrons. The second kappa shape index (κ2) is 8.21. The molecule has 0 N–H and O–H groups in total. The zero-order chi connectivity index (χ0) is 18.7. The van der Waals surface area contributed by atoms with Gasteiger partial charge >= 0.3 is 5.97 Å². The fraction of sp³-hybridized carbons (Fsp3) is 0.682. The number of piperidine rings is 1. The lowest BCUT2D eigenvalue weighted by atomic mass is 9.61. The van der Waals surface area contributed by atoms with Crippen molar-refractivity contribution in [3.63, 3.8) is 0 Å². The Bertz CT molecular complexity index is 637. The lowest BCUT2D eigenvalue weighted by Crippen LogP contribution is -2.44. The lowest BCUT2D eigenvalue weighted by molar-refractivity contribution is -0.145. The van der Waals surface area contributed by atoms with Gasteiger partial charge in [0.15, 0.2) is 0 Å². The third-order valence-corrected chi connectivity index (χ3v) is 6.93. The van der Waals surface area contributed by atoms with Gasteiger partial charge in [-0.05, 0) is 80.9 Å². The minimum atomic E-state index is -0.0239. The first-order valence-corrected chi connectivity index (χ1v) is 10.5. The van der Waals surface area contributed by atoms with Crippen LogP contribution in [-0.4, -0.2) is 25.7 Å². The van der Waals surface area contributed by atoms with Gasteiger partial charge in [-0.2, -0.15) is 0 Å². The molecule has 0 bridgehead atoms. The Hall–Kier alpha value is -1.22. The maximum Gasteiger partial charge on any atom is 0.306 e. The second-order valence-corrected chi connectivity index (χ2v) is 8.84. The topological polar surface area (TPSA) is 29.5 Å². The molecular weight excluding hydrogens is 346 g/mol. The van der Waals surface area contributed by atoms with Crippen LogP contribution in [0.25, 0.3) is 0 Å². The van der Waals surface area contributed by atoms with Crippen molar-refractivity contribution in [2.45, 2.75) is 59.3 Å². The summed E-state index contributed by atoms with van der Waals surface area (Å²) in [5.41, 5.74) is 2.90. The third kappa shape index (κ3) is 4.36. The largest absolute Gasteiger partial charge is 0.466 e. The van der Waals surface area contributed by atoms with Crippen LogP contribution in [0.5, 0.6) is 0 Å².